The van der Waals surface area contributed by atoms with Gasteiger partial charge in [0.2, 0.25) is 5.78 Å². The van der Waals surface area contributed by atoms with E-state index in [0.29, 0.717) is 21.6 Å². The summed E-state index contributed by atoms with van der Waals surface area (Å²) >= 11 is 6.01. The number of hydrogen-bond acceptors (Lipinski definition) is 5. The van der Waals surface area contributed by atoms with Gasteiger partial charge in [-0.05, 0) is 60.2 Å². The number of hydrogen-bond donors (Lipinski definition) is 2. The van der Waals surface area contributed by atoms with Crippen LogP contribution in [-0.4, -0.2) is 21.9 Å². The first kappa shape index (κ1) is 20.8. The summed E-state index contributed by atoms with van der Waals surface area (Å²) in [5.74, 6) is -3.18. The van der Waals surface area contributed by atoms with E-state index in [1.807, 2.05) is 0 Å². The topological polar surface area (TPSA) is 91.0 Å². The first-order valence-corrected chi connectivity index (χ1v) is 10.3. The first-order valence-electron chi connectivity index (χ1n) is 9.88. The number of benzene rings is 3. The van der Waals surface area contributed by atoms with Gasteiger partial charge in [0.15, 0.2) is 11.5 Å². The molecular weight excluding hydrogens is 449 g/mol. The van der Waals surface area contributed by atoms with Gasteiger partial charge in [0.1, 0.15) is 17.1 Å². The molecule has 0 saturated carbocycles. The van der Waals surface area contributed by atoms with E-state index < -0.39 is 29.3 Å². The number of ketones is 1. The Morgan fingerprint density at radius 2 is 1.79 bits per heavy atom. The fourth-order valence-corrected chi connectivity index (χ4v) is 4.18. The predicted octanol–water partition coefficient (Wildman–Crippen LogP) is 5.71. The molecule has 1 atom stereocenters. The van der Waals surface area contributed by atoms with E-state index in [4.69, 9.17) is 16.0 Å². The van der Waals surface area contributed by atoms with Crippen molar-refractivity contribution in [1.29, 1.82) is 0 Å². The lowest BCUT2D eigenvalue weighted by molar-refractivity contribution is -0.117. The molecule has 5 rings (SSSR count). The molecule has 6 nitrogen and oxygen atoms in total. The summed E-state index contributed by atoms with van der Waals surface area (Å²) < 4.78 is 19.6. The number of amides is 1. The van der Waals surface area contributed by atoms with Crippen LogP contribution in [0.15, 0.2) is 88.5 Å². The maximum absolute atomic E-state index is 14.0. The summed E-state index contributed by atoms with van der Waals surface area (Å²) in [4.78, 5) is 27.7. The number of aromatic hydroxyl groups is 1. The van der Waals surface area contributed by atoms with Crippen LogP contribution in [-0.2, 0) is 4.79 Å². The average molecular weight is 464 g/mol. The molecule has 0 radical (unpaired) electrons. The first-order chi connectivity index (χ1) is 15.8. The Balaban J connectivity index is 1.67. The van der Waals surface area contributed by atoms with Crippen molar-refractivity contribution in [2.75, 3.05) is 4.90 Å². The van der Waals surface area contributed by atoms with E-state index in [9.17, 15) is 24.2 Å². The molecule has 1 aliphatic rings. The Morgan fingerprint density at radius 3 is 2.55 bits per heavy atom. The number of aliphatic hydroxyl groups is 1. The quantitative estimate of drug-likeness (QED) is 0.378. The number of carbonyl (C=O) groups is 2. The van der Waals surface area contributed by atoms with Crippen LogP contribution in [0.25, 0.3) is 11.0 Å². The average Bonchev–Trinajstić information content (AvgIpc) is 3.32. The van der Waals surface area contributed by atoms with Crippen LogP contribution in [0.5, 0.6) is 5.75 Å². The molecule has 0 saturated heterocycles. The Labute approximate surface area is 191 Å². The highest BCUT2D eigenvalue weighted by atomic mass is 35.5. The smallest absolute Gasteiger partial charge is 0.294 e. The molecule has 1 amide bonds. The van der Waals surface area contributed by atoms with Crippen molar-refractivity contribution < 1.29 is 28.6 Å². The second-order valence-corrected chi connectivity index (χ2v) is 7.97. The number of halogens is 2. The van der Waals surface area contributed by atoms with Gasteiger partial charge in [-0.3, -0.25) is 14.5 Å². The molecule has 0 bridgehead atoms. The van der Waals surface area contributed by atoms with Crippen molar-refractivity contribution in [1.82, 2.24) is 0 Å². The number of nitrogens with zero attached hydrogens (tertiary/aromatic N) is 1. The van der Waals surface area contributed by atoms with E-state index in [2.05, 4.69) is 0 Å². The number of phenols is 1. The summed E-state index contributed by atoms with van der Waals surface area (Å²) in [5, 5.41) is 21.8. The number of phenolic OH excluding ortho intramolecular Hbond substituents is 1. The summed E-state index contributed by atoms with van der Waals surface area (Å²) in [5.41, 5.74) is 0.640. The highest BCUT2D eigenvalue weighted by Crippen LogP contribution is 2.43. The SMILES string of the molecule is O=C(C1=C(O)C(=O)N(c2cccc(F)c2)C1c1cccc(O)c1)c1cc2cc(Cl)ccc2o1. The molecule has 2 N–H and O–H groups in total. The maximum atomic E-state index is 14.0. The fourth-order valence-electron chi connectivity index (χ4n) is 4.00. The molecule has 0 aliphatic carbocycles. The number of rotatable bonds is 4. The number of furan rings is 1. The van der Waals surface area contributed by atoms with Crippen LogP contribution in [0.4, 0.5) is 10.1 Å². The highest BCUT2D eigenvalue weighted by Gasteiger charge is 2.45. The largest absolute Gasteiger partial charge is 0.508 e. The van der Waals surface area contributed by atoms with Crippen LogP contribution in [0, 0.1) is 5.82 Å². The van der Waals surface area contributed by atoms with E-state index in [0.717, 1.165) is 11.0 Å². The lowest BCUT2D eigenvalue weighted by Crippen LogP contribution is -2.31. The van der Waals surface area contributed by atoms with Crippen LogP contribution < -0.4 is 4.90 Å². The molecule has 1 aliphatic heterocycles. The third-order valence-electron chi connectivity index (χ3n) is 5.43. The zero-order chi connectivity index (χ0) is 23.3. The second-order valence-electron chi connectivity index (χ2n) is 7.54. The Bertz CT molecular complexity index is 1470. The molecule has 0 fully saturated rings. The third-order valence-corrected chi connectivity index (χ3v) is 5.66. The second kappa shape index (κ2) is 7.79. The van der Waals surface area contributed by atoms with Crippen LogP contribution in [0.1, 0.15) is 22.2 Å². The van der Waals surface area contributed by atoms with Crippen molar-refractivity contribution in [2.24, 2.45) is 0 Å². The van der Waals surface area contributed by atoms with Crippen molar-refractivity contribution in [3.05, 3.63) is 106 Å². The zero-order valence-corrected chi connectivity index (χ0v) is 17.6. The van der Waals surface area contributed by atoms with Gasteiger partial charge in [-0.25, -0.2) is 4.39 Å². The fraction of sp³-hybridized carbons (Fsp3) is 0.0400. The predicted molar refractivity (Wildman–Crippen MR) is 120 cm³/mol. The maximum Gasteiger partial charge on any atom is 0.294 e. The van der Waals surface area contributed by atoms with Gasteiger partial charge in [-0.15, -0.1) is 0 Å². The van der Waals surface area contributed by atoms with E-state index >= 15 is 0 Å². The van der Waals surface area contributed by atoms with E-state index in [1.54, 1.807) is 30.3 Å². The van der Waals surface area contributed by atoms with Crippen molar-refractivity contribution in [2.45, 2.75) is 6.04 Å². The van der Waals surface area contributed by atoms with Gasteiger partial charge in [0.25, 0.3) is 5.91 Å². The van der Waals surface area contributed by atoms with Crippen molar-refractivity contribution >= 4 is 39.9 Å². The molecular formula is C25H15ClFNO5. The molecule has 1 aromatic heterocycles. The van der Waals surface area contributed by atoms with Crippen molar-refractivity contribution in [3.63, 3.8) is 0 Å². The Hall–Kier alpha value is -4.10. The standard InChI is InChI=1S/C25H15ClFNO5/c26-15-7-8-19-14(9-15)11-20(33-19)23(30)21-22(13-3-1-6-18(29)10-13)28(25(32)24(21)31)17-5-2-4-16(27)12-17/h1-12,22,29,31H. The van der Waals surface area contributed by atoms with E-state index in [1.165, 1.54) is 36.4 Å². The normalized spacial score (nSPS) is 16.1. The van der Waals surface area contributed by atoms with Gasteiger partial charge < -0.3 is 14.6 Å². The number of fused-ring (bicyclic) bond motifs is 1. The van der Waals surface area contributed by atoms with Gasteiger partial charge in [0, 0.05) is 16.1 Å². The number of anilines is 1. The molecule has 1 unspecified atom stereocenters. The molecule has 8 heteroatoms. The van der Waals surface area contributed by atoms with Gasteiger partial charge >= 0.3 is 0 Å². The number of aliphatic hydroxyl groups excluding tert-OH is 1. The summed E-state index contributed by atoms with van der Waals surface area (Å²) in [7, 11) is 0. The van der Waals surface area contributed by atoms with Crippen molar-refractivity contribution in [3.8, 4) is 5.75 Å². The summed E-state index contributed by atoms with van der Waals surface area (Å²) in [6, 6.07) is 16.4. The lowest BCUT2D eigenvalue weighted by atomic mass is 9.94. The summed E-state index contributed by atoms with van der Waals surface area (Å²) in [6.45, 7) is 0. The van der Waals surface area contributed by atoms with Crippen LogP contribution >= 0.6 is 11.6 Å². The van der Waals surface area contributed by atoms with Gasteiger partial charge in [-0.1, -0.05) is 29.8 Å². The minimum atomic E-state index is -1.13. The van der Waals surface area contributed by atoms with Gasteiger partial charge in [-0.2, -0.15) is 0 Å². The third kappa shape index (κ3) is 3.52. The monoisotopic (exact) mass is 463 g/mol. The molecule has 2 heterocycles. The lowest BCUT2D eigenvalue weighted by Gasteiger charge is -2.26. The highest BCUT2D eigenvalue weighted by molar-refractivity contribution is 6.31. The molecule has 164 valence electrons. The van der Waals surface area contributed by atoms with Crippen LogP contribution in [0.2, 0.25) is 5.02 Å². The Morgan fingerprint density at radius 1 is 1.00 bits per heavy atom. The minimum Gasteiger partial charge on any atom is -0.508 e. The number of carbonyl (C=O) groups excluding carboxylic acids is 2. The summed E-state index contributed by atoms with van der Waals surface area (Å²) in [6.07, 6.45) is 0. The molecule has 0 spiro atoms. The van der Waals surface area contributed by atoms with Crippen LogP contribution in [0.3, 0.4) is 0 Å². The van der Waals surface area contributed by atoms with E-state index in [-0.39, 0.29) is 22.8 Å². The number of Topliss-reactive ketones (excluding diaryl/α,β-unsaturated/α-hetero) is 1. The molecule has 3 aromatic carbocycles. The molecule has 4 aromatic rings. The minimum absolute atomic E-state index is 0.101. The molecule has 33 heavy (non-hydrogen) atoms. The zero-order valence-electron chi connectivity index (χ0n) is 16.8. The van der Waals surface area contributed by atoms with Gasteiger partial charge in [0.05, 0.1) is 11.6 Å². The Kier molecular flexibility index (Phi) is 4.91.